The predicted octanol–water partition coefficient (Wildman–Crippen LogP) is 7.72. The van der Waals surface area contributed by atoms with E-state index in [1.807, 2.05) is 0 Å². The molecule has 0 unspecified atom stereocenters. The maximum atomic E-state index is 15.1. The fourth-order valence-electron chi connectivity index (χ4n) is 6.31. The summed E-state index contributed by atoms with van der Waals surface area (Å²) in [7, 11) is 3.26. The van der Waals surface area contributed by atoms with Crippen LogP contribution in [0.15, 0.2) is 67.0 Å². The lowest BCUT2D eigenvalue weighted by Crippen LogP contribution is -2.35. The van der Waals surface area contributed by atoms with Gasteiger partial charge in [0.05, 0.1) is 33.4 Å². The van der Waals surface area contributed by atoms with Crippen molar-refractivity contribution >= 4 is 45.4 Å². The van der Waals surface area contributed by atoms with Crippen molar-refractivity contribution in [2.24, 2.45) is 7.05 Å². The number of aromatic nitrogens is 3. The Hall–Kier alpha value is -4.59. The minimum atomic E-state index is -4.79. The van der Waals surface area contributed by atoms with Gasteiger partial charge in [0.25, 0.3) is 0 Å². The zero-order valence-electron chi connectivity index (χ0n) is 26.4. The monoisotopic (exact) mass is 699 g/mol. The summed E-state index contributed by atoms with van der Waals surface area (Å²) in [5, 5.41) is 9.70. The van der Waals surface area contributed by atoms with Crippen LogP contribution in [0, 0.1) is 11.6 Å². The van der Waals surface area contributed by atoms with Crippen molar-refractivity contribution in [3.05, 3.63) is 100 Å². The Morgan fingerprint density at radius 1 is 1.08 bits per heavy atom. The summed E-state index contributed by atoms with van der Waals surface area (Å²) in [6, 6.07) is 8.45. The number of rotatable bonds is 9. The molecule has 1 aliphatic carbocycles. The summed E-state index contributed by atoms with van der Waals surface area (Å²) in [5.74, 6) is -3.91. The lowest BCUT2D eigenvalue weighted by molar-refractivity contribution is -0.137. The van der Waals surface area contributed by atoms with Crippen molar-refractivity contribution in [2.75, 3.05) is 19.0 Å². The number of amides is 1. The molecule has 2 aromatic carbocycles. The smallest absolute Gasteiger partial charge is 0.381 e. The summed E-state index contributed by atoms with van der Waals surface area (Å²) in [4.78, 5) is 25.9. The van der Waals surface area contributed by atoms with E-state index in [-0.39, 0.29) is 50.6 Å². The minimum Gasteiger partial charge on any atom is -0.381 e. The molecular weight excluding hydrogens is 669 g/mol. The number of aryl methyl sites for hydroxylation is 1. The number of fused-ring (bicyclic) bond motifs is 2. The number of carbonyl (C=O) groups is 2. The van der Waals surface area contributed by atoms with Crippen LogP contribution in [-0.4, -0.2) is 51.7 Å². The average molecular weight is 700 g/mol. The highest BCUT2D eigenvalue weighted by Gasteiger charge is 2.37. The van der Waals surface area contributed by atoms with Crippen LogP contribution in [0.1, 0.15) is 47.3 Å². The predicted molar refractivity (Wildman–Crippen MR) is 176 cm³/mol. The lowest BCUT2D eigenvalue weighted by atomic mass is 9.93. The fourth-order valence-corrected chi connectivity index (χ4v) is 6.65. The SMILES string of the molecule is COC1CCC(NC/C=C/C(=O)Nc2c(F)cc(C(=O)c3ccc4c(-c5c(C(F)(F)F)cc6nn(C)cc6c5Cl)cccn34)cc2F)CC1. The molecule has 1 fully saturated rings. The van der Waals surface area contributed by atoms with E-state index in [9.17, 15) is 22.8 Å². The average Bonchev–Trinajstić information content (AvgIpc) is 3.67. The van der Waals surface area contributed by atoms with Crippen molar-refractivity contribution < 1.29 is 36.3 Å². The molecule has 1 aliphatic rings. The maximum Gasteiger partial charge on any atom is 0.417 e. The first-order chi connectivity index (χ1) is 23.3. The topological polar surface area (TPSA) is 89.7 Å². The Morgan fingerprint density at radius 3 is 2.47 bits per heavy atom. The van der Waals surface area contributed by atoms with Crippen LogP contribution in [-0.2, 0) is 22.8 Å². The molecule has 0 atom stereocenters. The number of hydrogen-bond donors (Lipinski definition) is 2. The summed E-state index contributed by atoms with van der Waals surface area (Å²) in [6.07, 6.45) is 4.91. The third-order valence-corrected chi connectivity index (χ3v) is 9.11. The number of hydrogen-bond acceptors (Lipinski definition) is 5. The van der Waals surface area contributed by atoms with Crippen LogP contribution in [0.4, 0.5) is 27.6 Å². The van der Waals surface area contributed by atoms with Gasteiger partial charge in [0.2, 0.25) is 11.7 Å². The van der Waals surface area contributed by atoms with Gasteiger partial charge in [-0.1, -0.05) is 23.7 Å². The van der Waals surface area contributed by atoms with Crippen molar-refractivity contribution in [3.63, 3.8) is 0 Å². The van der Waals surface area contributed by atoms with Crippen LogP contribution in [0.5, 0.6) is 0 Å². The fraction of sp³-hybridized carbons (Fsp3) is 0.286. The second kappa shape index (κ2) is 13.7. The highest BCUT2D eigenvalue weighted by atomic mass is 35.5. The summed E-state index contributed by atoms with van der Waals surface area (Å²) in [6.45, 7) is 0.392. The minimum absolute atomic E-state index is 0.0642. The quantitative estimate of drug-likeness (QED) is 0.0935. The van der Waals surface area contributed by atoms with E-state index in [1.165, 1.54) is 51.8 Å². The van der Waals surface area contributed by atoms with Gasteiger partial charge in [-0.15, -0.1) is 0 Å². The van der Waals surface area contributed by atoms with E-state index in [4.69, 9.17) is 16.3 Å². The number of pyridine rings is 1. The highest BCUT2D eigenvalue weighted by molar-refractivity contribution is 6.38. The van der Waals surface area contributed by atoms with Crippen LogP contribution in [0.2, 0.25) is 5.02 Å². The molecule has 5 aromatic rings. The Kier molecular flexibility index (Phi) is 9.61. The number of benzene rings is 2. The van der Waals surface area contributed by atoms with E-state index in [0.717, 1.165) is 43.9 Å². The Balaban J connectivity index is 1.23. The van der Waals surface area contributed by atoms with Crippen molar-refractivity contribution in [1.29, 1.82) is 0 Å². The number of halogens is 6. The number of methoxy groups -OCH3 is 1. The van der Waals surface area contributed by atoms with E-state index < -0.39 is 40.8 Å². The number of alkyl halides is 3. The largest absolute Gasteiger partial charge is 0.417 e. The molecule has 6 rings (SSSR count). The van der Waals surface area contributed by atoms with E-state index in [0.29, 0.717) is 11.9 Å². The van der Waals surface area contributed by atoms with Crippen molar-refractivity contribution in [3.8, 4) is 11.1 Å². The van der Waals surface area contributed by atoms with Gasteiger partial charge in [0.1, 0.15) is 17.3 Å². The van der Waals surface area contributed by atoms with Crippen LogP contribution in [0.25, 0.3) is 27.5 Å². The van der Waals surface area contributed by atoms with Gasteiger partial charge in [-0.3, -0.25) is 14.3 Å². The zero-order valence-corrected chi connectivity index (χ0v) is 27.1. The summed E-state index contributed by atoms with van der Waals surface area (Å²) in [5.41, 5.74) is -2.11. The molecule has 3 heterocycles. The molecule has 2 N–H and O–H groups in total. The number of nitrogens with zero attached hydrogens (tertiary/aromatic N) is 3. The van der Waals surface area contributed by atoms with Gasteiger partial charge in [-0.2, -0.15) is 18.3 Å². The molecule has 3 aromatic heterocycles. The summed E-state index contributed by atoms with van der Waals surface area (Å²) < 4.78 is 81.2. The first-order valence-electron chi connectivity index (χ1n) is 15.5. The second-order valence-corrected chi connectivity index (χ2v) is 12.3. The van der Waals surface area contributed by atoms with Gasteiger partial charge in [-0.25, -0.2) is 8.78 Å². The van der Waals surface area contributed by atoms with Crippen molar-refractivity contribution in [1.82, 2.24) is 19.5 Å². The molecule has 8 nitrogen and oxygen atoms in total. The van der Waals surface area contributed by atoms with Crippen LogP contribution in [0.3, 0.4) is 0 Å². The Morgan fingerprint density at radius 2 is 1.80 bits per heavy atom. The third-order valence-electron chi connectivity index (χ3n) is 8.72. The van der Waals surface area contributed by atoms with Gasteiger partial charge in [-0.05, 0) is 62.1 Å². The number of carbonyl (C=O) groups excluding carboxylic acids is 2. The normalized spacial score (nSPS) is 17.0. The third kappa shape index (κ3) is 6.96. The standard InChI is InChI=1S/C35H31ClF5N5O3/c1-45-18-23-27(44-45)17-24(35(39,40)41)31(32(23)36)22-5-4-14-46-28(22)11-12-29(46)34(48)19-15-25(37)33(26(38)16-19)43-30(47)6-3-13-42-20-7-9-21(49-2)10-8-20/h3-6,11-12,14-18,20-21,42H,7-10,13H2,1-2H3,(H,43,47)/b6-3+. The molecule has 0 aliphatic heterocycles. The van der Waals surface area contributed by atoms with Gasteiger partial charge >= 0.3 is 6.18 Å². The van der Waals surface area contributed by atoms with E-state index in [1.54, 1.807) is 20.2 Å². The first-order valence-corrected chi connectivity index (χ1v) is 15.8. The number of ketones is 1. The number of anilines is 1. The van der Waals surface area contributed by atoms with Gasteiger partial charge in [0, 0.05) is 67.3 Å². The molecule has 1 saturated carbocycles. The maximum absolute atomic E-state index is 15.1. The molecule has 1 amide bonds. The molecule has 0 spiro atoms. The zero-order chi connectivity index (χ0) is 35.0. The Labute approximate surface area is 282 Å². The molecule has 0 bridgehead atoms. The van der Waals surface area contributed by atoms with Gasteiger partial charge in [0.15, 0.2) is 0 Å². The molecule has 14 heteroatoms. The molecule has 0 radical (unpaired) electrons. The number of ether oxygens (including phenoxy) is 1. The van der Waals surface area contributed by atoms with E-state index in [2.05, 4.69) is 15.7 Å². The van der Waals surface area contributed by atoms with Crippen molar-refractivity contribution in [2.45, 2.75) is 44.0 Å². The summed E-state index contributed by atoms with van der Waals surface area (Å²) >= 11 is 6.57. The molecular formula is C35H31ClF5N5O3. The highest BCUT2D eigenvalue weighted by Crippen LogP contribution is 2.45. The Bertz CT molecular complexity index is 2070. The van der Waals surface area contributed by atoms with Gasteiger partial charge < -0.3 is 19.8 Å². The van der Waals surface area contributed by atoms with Crippen LogP contribution >= 0.6 is 11.6 Å². The van der Waals surface area contributed by atoms with E-state index >= 15 is 8.78 Å². The number of nitrogens with one attached hydrogen (secondary N) is 2. The molecule has 49 heavy (non-hydrogen) atoms. The molecule has 0 saturated heterocycles. The molecule has 256 valence electrons. The lowest BCUT2D eigenvalue weighted by Gasteiger charge is -2.27. The first kappa shape index (κ1) is 34.3. The second-order valence-electron chi connectivity index (χ2n) is 11.9. The van der Waals surface area contributed by atoms with Crippen LogP contribution < -0.4 is 10.6 Å².